The molecule has 3 unspecified atom stereocenters. The van der Waals surface area contributed by atoms with E-state index < -0.39 is 0 Å². The molecule has 2 saturated carbocycles. The molecule has 4 rings (SSSR count). The van der Waals surface area contributed by atoms with Crippen LogP contribution in [-0.2, 0) is 4.74 Å². The summed E-state index contributed by atoms with van der Waals surface area (Å²) in [4.78, 5) is 12.3. The Balaban J connectivity index is 1.60. The Morgan fingerprint density at radius 3 is 2.86 bits per heavy atom. The Labute approximate surface area is 130 Å². The van der Waals surface area contributed by atoms with Gasteiger partial charge in [-0.1, -0.05) is 25.7 Å². The van der Waals surface area contributed by atoms with Crippen molar-refractivity contribution in [3.63, 3.8) is 0 Å². The molecule has 6 nitrogen and oxygen atoms in total. The van der Waals surface area contributed by atoms with Crippen LogP contribution in [0.15, 0.2) is 6.20 Å². The summed E-state index contributed by atoms with van der Waals surface area (Å²) in [7, 11) is 1.77. The number of nitrogens with one attached hydrogen (secondary N) is 2. The summed E-state index contributed by atoms with van der Waals surface area (Å²) in [5.41, 5.74) is 0.660. The minimum absolute atomic E-state index is 0.00423. The van der Waals surface area contributed by atoms with E-state index in [0.717, 1.165) is 31.0 Å². The van der Waals surface area contributed by atoms with E-state index in [1.54, 1.807) is 13.3 Å². The van der Waals surface area contributed by atoms with E-state index in [1.807, 2.05) is 4.68 Å². The SMILES string of the molecule is COC1CCCCC1n1ncc2c1NC(CC1CC1)NC2=O. The number of ether oxygens (including phenoxy) is 1. The van der Waals surface area contributed by atoms with Crippen molar-refractivity contribution in [1.82, 2.24) is 15.1 Å². The first-order chi connectivity index (χ1) is 10.8. The summed E-state index contributed by atoms with van der Waals surface area (Å²) in [6, 6.07) is 0.225. The first-order valence-electron chi connectivity index (χ1n) is 8.44. The molecule has 2 aliphatic carbocycles. The van der Waals surface area contributed by atoms with Crippen LogP contribution in [-0.4, -0.2) is 35.1 Å². The second-order valence-corrected chi connectivity index (χ2v) is 6.83. The second-order valence-electron chi connectivity index (χ2n) is 6.83. The normalized spacial score (nSPS) is 31.3. The molecule has 2 fully saturated rings. The molecule has 2 heterocycles. The van der Waals surface area contributed by atoms with Gasteiger partial charge in [0.15, 0.2) is 0 Å². The van der Waals surface area contributed by atoms with Crippen molar-refractivity contribution in [1.29, 1.82) is 0 Å². The monoisotopic (exact) mass is 304 g/mol. The highest BCUT2D eigenvalue weighted by atomic mass is 16.5. The van der Waals surface area contributed by atoms with Gasteiger partial charge in [0.1, 0.15) is 17.5 Å². The highest BCUT2D eigenvalue weighted by molar-refractivity contribution is 6.00. The molecule has 2 N–H and O–H groups in total. The Bertz CT molecular complexity index is 566. The number of carbonyl (C=O) groups is 1. The molecule has 6 heteroatoms. The fraction of sp³-hybridized carbons (Fsp3) is 0.750. The van der Waals surface area contributed by atoms with Gasteiger partial charge in [-0.2, -0.15) is 5.10 Å². The standard InChI is InChI=1S/C16H24N4O2/c1-22-13-5-3-2-4-12(13)20-15-11(9-17-20)16(21)19-14(18-15)8-10-6-7-10/h9-10,12-14,18H,2-8H2,1H3,(H,19,21). The zero-order valence-corrected chi connectivity index (χ0v) is 13.0. The van der Waals surface area contributed by atoms with E-state index in [-0.39, 0.29) is 24.2 Å². The smallest absolute Gasteiger partial charge is 0.258 e. The lowest BCUT2D eigenvalue weighted by Crippen LogP contribution is -2.46. The maximum Gasteiger partial charge on any atom is 0.258 e. The number of rotatable bonds is 4. The van der Waals surface area contributed by atoms with Crippen LogP contribution in [0, 0.1) is 5.92 Å². The molecule has 1 aromatic rings. The van der Waals surface area contributed by atoms with Crippen molar-refractivity contribution in [3.05, 3.63) is 11.8 Å². The van der Waals surface area contributed by atoms with Crippen LogP contribution in [0.4, 0.5) is 5.82 Å². The summed E-state index contributed by atoms with van der Waals surface area (Å²) in [6.07, 6.45) is 10.0. The average molecular weight is 304 g/mol. The molecule has 0 bridgehead atoms. The van der Waals surface area contributed by atoms with Crippen LogP contribution in [0.3, 0.4) is 0 Å². The average Bonchev–Trinajstić information content (AvgIpc) is 3.24. The maximum absolute atomic E-state index is 12.3. The number of carbonyl (C=O) groups excluding carboxylic acids is 1. The highest BCUT2D eigenvalue weighted by Gasteiger charge is 2.35. The second kappa shape index (κ2) is 5.57. The molecular weight excluding hydrogens is 280 g/mol. The minimum Gasteiger partial charge on any atom is -0.379 e. The van der Waals surface area contributed by atoms with Crippen molar-refractivity contribution in [2.24, 2.45) is 5.92 Å². The van der Waals surface area contributed by atoms with E-state index in [4.69, 9.17) is 4.74 Å². The lowest BCUT2D eigenvalue weighted by atomic mass is 9.92. The number of hydrogen-bond acceptors (Lipinski definition) is 4. The van der Waals surface area contributed by atoms with Gasteiger partial charge in [-0.25, -0.2) is 4.68 Å². The number of anilines is 1. The highest BCUT2D eigenvalue weighted by Crippen LogP contribution is 2.37. The number of aromatic nitrogens is 2. The van der Waals surface area contributed by atoms with Crippen molar-refractivity contribution < 1.29 is 9.53 Å². The summed E-state index contributed by atoms with van der Waals surface area (Å²) < 4.78 is 7.66. The van der Waals surface area contributed by atoms with Gasteiger partial charge in [0.25, 0.3) is 5.91 Å². The van der Waals surface area contributed by atoms with Crippen molar-refractivity contribution >= 4 is 11.7 Å². The summed E-state index contributed by atoms with van der Waals surface area (Å²) in [6.45, 7) is 0. The van der Waals surface area contributed by atoms with E-state index in [2.05, 4.69) is 15.7 Å². The van der Waals surface area contributed by atoms with Crippen LogP contribution >= 0.6 is 0 Å². The van der Waals surface area contributed by atoms with Crippen LogP contribution in [0.2, 0.25) is 0 Å². The Morgan fingerprint density at radius 2 is 2.09 bits per heavy atom. The summed E-state index contributed by atoms with van der Waals surface area (Å²) >= 11 is 0. The third-order valence-electron chi connectivity index (χ3n) is 5.21. The van der Waals surface area contributed by atoms with Crippen LogP contribution in [0.5, 0.6) is 0 Å². The first-order valence-corrected chi connectivity index (χ1v) is 8.44. The van der Waals surface area contributed by atoms with Gasteiger partial charge in [-0.05, 0) is 25.2 Å². The van der Waals surface area contributed by atoms with E-state index in [9.17, 15) is 4.79 Å². The third-order valence-corrected chi connectivity index (χ3v) is 5.21. The Morgan fingerprint density at radius 1 is 1.27 bits per heavy atom. The van der Waals surface area contributed by atoms with Crippen LogP contribution < -0.4 is 10.6 Å². The van der Waals surface area contributed by atoms with Gasteiger partial charge >= 0.3 is 0 Å². The molecule has 1 aromatic heterocycles. The molecule has 120 valence electrons. The zero-order valence-electron chi connectivity index (χ0n) is 13.0. The predicted octanol–water partition coefficient (Wildman–Crippen LogP) is 2.29. The van der Waals surface area contributed by atoms with E-state index in [1.165, 1.54) is 25.7 Å². The quantitative estimate of drug-likeness (QED) is 0.895. The molecule has 0 aromatic carbocycles. The van der Waals surface area contributed by atoms with Crippen molar-refractivity contribution in [3.8, 4) is 0 Å². The van der Waals surface area contributed by atoms with Gasteiger partial charge in [0.05, 0.1) is 18.3 Å². The molecule has 22 heavy (non-hydrogen) atoms. The van der Waals surface area contributed by atoms with Gasteiger partial charge < -0.3 is 15.4 Å². The molecule has 1 amide bonds. The fourth-order valence-corrected chi connectivity index (χ4v) is 3.80. The Hall–Kier alpha value is -1.56. The zero-order chi connectivity index (χ0) is 15.1. The molecule has 0 spiro atoms. The van der Waals surface area contributed by atoms with Gasteiger partial charge in [0.2, 0.25) is 0 Å². The topological polar surface area (TPSA) is 68.2 Å². The van der Waals surface area contributed by atoms with Crippen molar-refractivity contribution in [2.75, 3.05) is 12.4 Å². The molecule has 3 atom stereocenters. The fourth-order valence-electron chi connectivity index (χ4n) is 3.80. The molecule has 0 saturated heterocycles. The molecule has 3 aliphatic rings. The largest absolute Gasteiger partial charge is 0.379 e. The number of hydrogen-bond donors (Lipinski definition) is 2. The minimum atomic E-state index is -0.00423. The first kappa shape index (κ1) is 14.1. The third kappa shape index (κ3) is 2.49. The number of amides is 1. The van der Waals surface area contributed by atoms with Gasteiger partial charge in [-0.3, -0.25) is 4.79 Å². The number of fused-ring (bicyclic) bond motifs is 1. The predicted molar refractivity (Wildman–Crippen MR) is 82.7 cm³/mol. The maximum atomic E-state index is 12.3. The Kier molecular flexibility index (Phi) is 3.56. The summed E-state index contributed by atoms with van der Waals surface area (Å²) in [5, 5.41) is 11.1. The molecule has 0 radical (unpaired) electrons. The van der Waals surface area contributed by atoms with E-state index in [0.29, 0.717) is 5.56 Å². The summed E-state index contributed by atoms with van der Waals surface area (Å²) in [5.74, 6) is 1.64. The lowest BCUT2D eigenvalue weighted by Gasteiger charge is -2.34. The van der Waals surface area contributed by atoms with Crippen molar-refractivity contribution in [2.45, 2.75) is 63.3 Å². The lowest BCUT2D eigenvalue weighted by molar-refractivity contribution is 0.0252. The van der Waals surface area contributed by atoms with Crippen LogP contribution in [0.25, 0.3) is 0 Å². The number of nitrogens with zero attached hydrogens (tertiary/aromatic N) is 2. The molecule has 1 aliphatic heterocycles. The number of methoxy groups -OCH3 is 1. The van der Waals surface area contributed by atoms with Gasteiger partial charge in [0, 0.05) is 7.11 Å². The van der Waals surface area contributed by atoms with Gasteiger partial charge in [-0.15, -0.1) is 0 Å². The van der Waals surface area contributed by atoms with Crippen LogP contribution in [0.1, 0.15) is 61.3 Å². The van der Waals surface area contributed by atoms with E-state index >= 15 is 0 Å². The molecular formula is C16H24N4O2.